The molecule has 0 fully saturated rings. The van der Waals surface area contributed by atoms with Crippen molar-refractivity contribution in [2.24, 2.45) is 0 Å². The molecule has 2 aromatic carbocycles. The maximum atomic E-state index is 12.3. The minimum atomic E-state index is -0.0980. The van der Waals surface area contributed by atoms with Gasteiger partial charge in [-0.15, -0.1) is 0 Å². The molecule has 1 N–H and O–H groups in total. The predicted molar refractivity (Wildman–Crippen MR) is 97.7 cm³/mol. The van der Waals surface area contributed by atoms with Crippen LogP contribution in [-0.4, -0.2) is 31.4 Å². The van der Waals surface area contributed by atoms with Crippen LogP contribution in [0.25, 0.3) is 5.57 Å². The first-order chi connectivity index (χ1) is 11.1. The van der Waals surface area contributed by atoms with E-state index in [0.717, 1.165) is 36.2 Å². The molecule has 3 nitrogen and oxygen atoms in total. The summed E-state index contributed by atoms with van der Waals surface area (Å²) >= 11 is 0. The molecule has 120 valence electrons. The van der Waals surface area contributed by atoms with E-state index >= 15 is 0 Å². The minimum Gasteiger partial charge on any atom is -0.321 e. The second-order valence-electron chi connectivity index (χ2n) is 5.88. The number of carbonyl (C=O) groups is 1. The van der Waals surface area contributed by atoms with Gasteiger partial charge in [-0.05, 0) is 57.3 Å². The molecule has 0 aromatic heterocycles. The number of para-hydroxylation sites is 1. The number of benzene rings is 2. The fourth-order valence-electron chi connectivity index (χ4n) is 2.43. The van der Waals surface area contributed by atoms with Crippen molar-refractivity contribution < 1.29 is 4.79 Å². The summed E-state index contributed by atoms with van der Waals surface area (Å²) < 4.78 is 0. The first-order valence-electron chi connectivity index (χ1n) is 7.86. The number of amides is 1. The number of anilines is 1. The largest absolute Gasteiger partial charge is 0.321 e. The van der Waals surface area contributed by atoms with E-state index < -0.39 is 0 Å². The van der Waals surface area contributed by atoms with Crippen LogP contribution in [0.15, 0.2) is 61.2 Å². The summed E-state index contributed by atoms with van der Waals surface area (Å²) in [6.07, 6.45) is 1.96. The molecule has 3 heteroatoms. The molecule has 0 saturated carbocycles. The Kier molecular flexibility index (Phi) is 6.12. The molecule has 0 spiro atoms. The van der Waals surface area contributed by atoms with Crippen LogP contribution in [0.3, 0.4) is 0 Å². The summed E-state index contributed by atoms with van der Waals surface area (Å²) in [5.41, 5.74) is 3.53. The molecule has 1 amide bonds. The first kappa shape index (κ1) is 17.0. The Morgan fingerprint density at radius 1 is 1.04 bits per heavy atom. The van der Waals surface area contributed by atoms with Crippen molar-refractivity contribution in [1.82, 2.24) is 4.90 Å². The van der Waals surface area contributed by atoms with Gasteiger partial charge in [-0.3, -0.25) is 4.79 Å². The van der Waals surface area contributed by atoms with Gasteiger partial charge in [-0.2, -0.15) is 0 Å². The number of carbonyl (C=O) groups excluding carboxylic acids is 1. The summed E-state index contributed by atoms with van der Waals surface area (Å²) in [4.78, 5) is 14.5. The zero-order valence-corrected chi connectivity index (χ0v) is 13.9. The Bertz CT molecular complexity index is 662. The second-order valence-corrected chi connectivity index (χ2v) is 5.88. The van der Waals surface area contributed by atoms with Crippen molar-refractivity contribution in [1.29, 1.82) is 0 Å². The molecule has 0 aliphatic rings. The summed E-state index contributed by atoms with van der Waals surface area (Å²) in [5.74, 6) is -0.0980. The Morgan fingerprint density at radius 2 is 1.70 bits per heavy atom. The smallest absolute Gasteiger partial charge is 0.255 e. The van der Waals surface area contributed by atoms with Crippen LogP contribution < -0.4 is 5.32 Å². The van der Waals surface area contributed by atoms with Gasteiger partial charge in [0.2, 0.25) is 0 Å². The lowest BCUT2D eigenvalue weighted by Gasteiger charge is -2.14. The number of nitrogens with zero attached hydrogens (tertiary/aromatic N) is 1. The average Bonchev–Trinajstić information content (AvgIpc) is 2.55. The highest BCUT2D eigenvalue weighted by molar-refractivity contribution is 6.05. The van der Waals surface area contributed by atoms with Crippen LogP contribution in [-0.2, 0) is 0 Å². The van der Waals surface area contributed by atoms with Crippen molar-refractivity contribution in [2.45, 2.75) is 12.8 Å². The lowest BCUT2D eigenvalue weighted by molar-refractivity contribution is 0.102. The van der Waals surface area contributed by atoms with Crippen LogP contribution in [0.2, 0.25) is 0 Å². The monoisotopic (exact) mass is 308 g/mol. The Hall–Kier alpha value is -2.39. The van der Waals surface area contributed by atoms with Crippen molar-refractivity contribution in [3.05, 3.63) is 72.3 Å². The third-order valence-corrected chi connectivity index (χ3v) is 3.68. The van der Waals surface area contributed by atoms with Gasteiger partial charge in [0.05, 0.1) is 0 Å². The zero-order valence-electron chi connectivity index (χ0n) is 13.9. The summed E-state index contributed by atoms with van der Waals surface area (Å²) in [7, 11) is 4.13. The van der Waals surface area contributed by atoms with E-state index in [2.05, 4.69) is 30.9 Å². The fourth-order valence-corrected chi connectivity index (χ4v) is 2.43. The van der Waals surface area contributed by atoms with E-state index in [9.17, 15) is 4.79 Å². The number of hydrogen-bond acceptors (Lipinski definition) is 2. The quantitative estimate of drug-likeness (QED) is 0.827. The number of hydrogen-bond donors (Lipinski definition) is 1. The van der Waals surface area contributed by atoms with E-state index in [-0.39, 0.29) is 5.91 Å². The molecule has 0 radical (unpaired) electrons. The number of nitrogens with one attached hydrogen (secondary N) is 1. The molecule has 2 rings (SSSR count). The van der Waals surface area contributed by atoms with E-state index in [1.807, 2.05) is 54.6 Å². The Balaban J connectivity index is 2.08. The SMILES string of the molecule is C=C(CCCN(C)C)c1ccccc1NC(=O)c1ccccc1. The van der Waals surface area contributed by atoms with Gasteiger partial charge in [0, 0.05) is 16.8 Å². The van der Waals surface area contributed by atoms with Crippen molar-refractivity contribution in [3.8, 4) is 0 Å². The highest BCUT2D eigenvalue weighted by atomic mass is 16.1. The van der Waals surface area contributed by atoms with Crippen LogP contribution in [0.1, 0.15) is 28.8 Å². The maximum Gasteiger partial charge on any atom is 0.255 e. The molecule has 0 bridgehead atoms. The van der Waals surface area contributed by atoms with Gasteiger partial charge < -0.3 is 10.2 Å². The van der Waals surface area contributed by atoms with Gasteiger partial charge in [-0.25, -0.2) is 0 Å². The average molecular weight is 308 g/mol. The van der Waals surface area contributed by atoms with E-state index in [1.54, 1.807) is 0 Å². The second kappa shape index (κ2) is 8.30. The maximum absolute atomic E-state index is 12.3. The van der Waals surface area contributed by atoms with Gasteiger partial charge in [0.15, 0.2) is 0 Å². The predicted octanol–water partition coefficient (Wildman–Crippen LogP) is 4.29. The first-order valence-corrected chi connectivity index (χ1v) is 7.86. The minimum absolute atomic E-state index is 0.0980. The van der Waals surface area contributed by atoms with Crippen LogP contribution in [0.4, 0.5) is 5.69 Å². The third-order valence-electron chi connectivity index (χ3n) is 3.68. The molecule has 0 aliphatic carbocycles. The molecule has 0 unspecified atom stereocenters. The fraction of sp³-hybridized carbons (Fsp3) is 0.250. The van der Waals surface area contributed by atoms with Gasteiger partial charge in [0.1, 0.15) is 0 Å². The number of allylic oxidation sites excluding steroid dienone is 1. The van der Waals surface area contributed by atoms with Gasteiger partial charge >= 0.3 is 0 Å². The lowest BCUT2D eigenvalue weighted by Crippen LogP contribution is -2.14. The lowest BCUT2D eigenvalue weighted by atomic mass is 10.0. The van der Waals surface area contributed by atoms with Crippen LogP contribution >= 0.6 is 0 Å². The molecule has 0 atom stereocenters. The van der Waals surface area contributed by atoms with Crippen molar-refractivity contribution >= 4 is 17.2 Å². The van der Waals surface area contributed by atoms with Crippen LogP contribution in [0, 0.1) is 0 Å². The molecule has 0 aliphatic heterocycles. The molecule has 23 heavy (non-hydrogen) atoms. The Morgan fingerprint density at radius 3 is 2.39 bits per heavy atom. The van der Waals surface area contributed by atoms with E-state index in [0.29, 0.717) is 5.56 Å². The molecule has 0 heterocycles. The summed E-state index contributed by atoms with van der Waals surface area (Å²) in [6, 6.07) is 17.1. The zero-order chi connectivity index (χ0) is 16.7. The Labute approximate surface area is 138 Å². The van der Waals surface area contributed by atoms with E-state index in [4.69, 9.17) is 0 Å². The molecule has 0 saturated heterocycles. The van der Waals surface area contributed by atoms with Crippen molar-refractivity contribution in [2.75, 3.05) is 26.0 Å². The van der Waals surface area contributed by atoms with Crippen molar-refractivity contribution in [3.63, 3.8) is 0 Å². The third kappa shape index (κ3) is 5.08. The van der Waals surface area contributed by atoms with Gasteiger partial charge in [0.25, 0.3) is 5.91 Å². The van der Waals surface area contributed by atoms with Gasteiger partial charge in [-0.1, -0.05) is 43.0 Å². The number of rotatable bonds is 7. The molecular formula is C20H24N2O. The highest BCUT2D eigenvalue weighted by Crippen LogP contribution is 2.26. The summed E-state index contributed by atoms with van der Waals surface area (Å²) in [6.45, 7) is 5.22. The molecular weight excluding hydrogens is 284 g/mol. The molecule has 2 aromatic rings. The highest BCUT2D eigenvalue weighted by Gasteiger charge is 2.10. The van der Waals surface area contributed by atoms with E-state index in [1.165, 1.54) is 0 Å². The topological polar surface area (TPSA) is 32.3 Å². The normalized spacial score (nSPS) is 10.6. The standard InChI is InChI=1S/C20H24N2O/c1-16(10-9-15-22(2)3)18-13-7-8-14-19(18)21-20(23)17-11-5-4-6-12-17/h4-8,11-14H,1,9-10,15H2,2-3H3,(H,21,23). The summed E-state index contributed by atoms with van der Waals surface area (Å²) in [5, 5.41) is 3.00. The van der Waals surface area contributed by atoms with Crippen LogP contribution in [0.5, 0.6) is 0 Å².